The summed E-state index contributed by atoms with van der Waals surface area (Å²) in [4.78, 5) is 0.229. The van der Waals surface area contributed by atoms with Crippen LogP contribution in [0.25, 0.3) is 11.0 Å². The van der Waals surface area contributed by atoms with Crippen LogP contribution in [0.4, 0.5) is 5.69 Å². The van der Waals surface area contributed by atoms with Crippen molar-refractivity contribution in [3.63, 3.8) is 0 Å². The molecule has 0 bridgehead atoms. The van der Waals surface area contributed by atoms with Crippen LogP contribution < -0.4 is 4.72 Å². The van der Waals surface area contributed by atoms with E-state index in [1.54, 1.807) is 54.2 Å². The van der Waals surface area contributed by atoms with Crippen LogP contribution in [-0.4, -0.2) is 23.4 Å². The number of nitrogens with zero attached hydrogens (tertiary/aromatic N) is 3. The summed E-state index contributed by atoms with van der Waals surface area (Å²) in [5.74, 6) is 0. The molecule has 0 spiro atoms. The van der Waals surface area contributed by atoms with Gasteiger partial charge in [-0.1, -0.05) is 22.9 Å². The minimum Gasteiger partial charge on any atom is -0.280 e. The minimum atomic E-state index is -3.60. The third kappa shape index (κ3) is 2.59. The maximum Gasteiger partial charge on any atom is 0.261 e. The van der Waals surface area contributed by atoms with E-state index in [0.717, 1.165) is 11.1 Å². The summed E-state index contributed by atoms with van der Waals surface area (Å²) >= 11 is 0. The van der Waals surface area contributed by atoms with E-state index in [9.17, 15) is 8.42 Å². The first-order valence-corrected chi connectivity index (χ1v) is 7.83. The fourth-order valence-corrected chi connectivity index (χ4v) is 3.09. The van der Waals surface area contributed by atoms with E-state index in [2.05, 4.69) is 15.0 Å². The standard InChI is InChI=1S/C14H14N4O2S/c1-10-3-6-12(7-4-10)21(19,20)16-11-5-8-14-13(9-11)15-17-18(14)2/h3-9,16H,1-2H3. The molecule has 0 fully saturated rings. The van der Waals surface area contributed by atoms with Gasteiger partial charge in [0.1, 0.15) is 5.52 Å². The van der Waals surface area contributed by atoms with Crippen molar-refractivity contribution >= 4 is 26.7 Å². The number of hydrogen-bond acceptors (Lipinski definition) is 4. The molecule has 1 aromatic heterocycles. The van der Waals surface area contributed by atoms with Gasteiger partial charge in [0.15, 0.2) is 0 Å². The zero-order valence-electron chi connectivity index (χ0n) is 11.6. The lowest BCUT2D eigenvalue weighted by Crippen LogP contribution is -2.12. The van der Waals surface area contributed by atoms with Crippen LogP contribution >= 0.6 is 0 Å². The first-order valence-electron chi connectivity index (χ1n) is 6.35. The third-order valence-electron chi connectivity index (χ3n) is 3.19. The Balaban J connectivity index is 1.95. The van der Waals surface area contributed by atoms with Crippen LogP contribution in [0.3, 0.4) is 0 Å². The molecular formula is C14H14N4O2S. The van der Waals surface area contributed by atoms with Gasteiger partial charge in [-0.2, -0.15) is 0 Å². The van der Waals surface area contributed by atoms with Gasteiger partial charge in [-0.3, -0.25) is 4.72 Å². The maximum absolute atomic E-state index is 12.3. The number of nitrogens with one attached hydrogen (secondary N) is 1. The molecule has 0 atom stereocenters. The fourth-order valence-electron chi connectivity index (χ4n) is 2.04. The summed E-state index contributed by atoms with van der Waals surface area (Å²) in [5, 5.41) is 7.86. The molecule has 3 rings (SSSR count). The Morgan fingerprint density at radius 1 is 1.10 bits per heavy atom. The van der Waals surface area contributed by atoms with E-state index in [1.807, 2.05) is 6.92 Å². The van der Waals surface area contributed by atoms with Crippen molar-refractivity contribution < 1.29 is 8.42 Å². The van der Waals surface area contributed by atoms with Gasteiger partial charge in [0.05, 0.1) is 16.1 Å². The van der Waals surface area contributed by atoms with Gasteiger partial charge in [-0.15, -0.1) is 5.10 Å². The van der Waals surface area contributed by atoms with E-state index < -0.39 is 10.0 Å². The Morgan fingerprint density at radius 3 is 2.52 bits per heavy atom. The molecule has 0 saturated carbocycles. The van der Waals surface area contributed by atoms with E-state index in [0.29, 0.717) is 11.2 Å². The third-order valence-corrected chi connectivity index (χ3v) is 4.59. The molecule has 0 aliphatic rings. The van der Waals surface area contributed by atoms with Crippen LogP contribution in [-0.2, 0) is 17.1 Å². The highest BCUT2D eigenvalue weighted by atomic mass is 32.2. The first kappa shape index (κ1) is 13.6. The fraction of sp³-hybridized carbons (Fsp3) is 0.143. The molecule has 108 valence electrons. The van der Waals surface area contributed by atoms with Gasteiger partial charge in [0.2, 0.25) is 0 Å². The Morgan fingerprint density at radius 2 is 1.81 bits per heavy atom. The molecule has 1 heterocycles. The van der Waals surface area contributed by atoms with Crippen molar-refractivity contribution in [3.8, 4) is 0 Å². The van der Waals surface area contributed by atoms with Crippen LogP contribution in [0, 0.1) is 6.92 Å². The van der Waals surface area contributed by atoms with E-state index in [4.69, 9.17) is 0 Å². The molecule has 6 nitrogen and oxygen atoms in total. The summed E-state index contributed by atoms with van der Waals surface area (Å²) in [5.41, 5.74) is 2.95. The van der Waals surface area contributed by atoms with E-state index in [-0.39, 0.29) is 4.90 Å². The molecule has 0 aliphatic heterocycles. The van der Waals surface area contributed by atoms with Crippen molar-refractivity contribution in [2.45, 2.75) is 11.8 Å². The van der Waals surface area contributed by atoms with Crippen LogP contribution in [0.2, 0.25) is 0 Å². The minimum absolute atomic E-state index is 0.229. The van der Waals surface area contributed by atoms with E-state index in [1.165, 1.54) is 0 Å². The Hall–Kier alpha value is -2.41. The number of anilines is 1. The van der Waals surface area contributed by atoms with Gasteiger partial charge in [0.25, 0.3) is 10.0 Å². The van der Waals surface area contributed by atoms with Crippen molar-refractivity contribution in [1.82, 2.24) is 15.0 Å². The summed E-state index contributed by atoms with van der Waals surface area (Å²) < 4.78 is 28.8. The molecule has 3 aromatic rings. The van der Waals surface area contributed by atoms with Crippen LogP contribution in [0.5, 0.6) is 0 Å². The van der Waals surface area contributed by atoms with Gasteiger partial charge >= 0.3 is 0 Å². The average Bonchev–Trinajstić information content (AvgIpc) is 2.80. The monoisotopic (exact) mass is 302 g/mol. The molecule has 1 N–H and O–H groups in total. The van der Waals surface area contributed by atoms with Gasteiger partial charge in [-0.25, -0.2) is 13.1 Å². The largest absolute Gasteiger partial charge is 0.280 e. The lowest BCUT2D eigenvalue weighted by Gasteiger charge is -2.08. The number of benzene rings is 2. The predicted octanol–water partition coefficient (Wildman–Crippen LogP) is 2.08. The zero-order valence-corrected chi connectivity index (χ0v) is 12.4. The Bertz CT molecular complexity index is 898. The average molecular weight is 302 g/mol. The lowest BCUT2D eigenvalue weighted by atomic mass is 10.2. The number of rotatable bonds is 3. The topological polar surface area (TPSA) is 76.9 Å². The van der Waals surface area contributed by atoms with Gasteiger partial charge in [0, 0.05) is 7.05 Å². The normalized spacial score (nSPS) is 11.7. The predicted molar refractivity (Wildman–Crippen MR) is 80.5 cm³/mol. The summed E-state index contributed by atoms with van der Waals surface area (Å²) in [6.45, 7) is 1.91. The zero-order chi connectivity index (χ0) is 15.0. The molecule has 2 aromatic carbocycles. The number of hydrogen-bond donors (Lipinski definition) is 1. The van der Waals surface area contributed by atoms with Crippen molar-refractivity contribution in [2.75, 3.05) is 4.72 Å². The lowest BCUT2D eigenvalue weighted by molar-refractivity contribution is 0.601. The maximum atomic E-state index is 12.3. The quantitative estimate of drug-likeness (QED) is 0.803. The second-order valence-corrected chi connectivity index (χ2v) is 6.52. The van der Waals surface area contributed by atoms with Crippen molar-refractivity contribution in [1.29, 1.82) is 0 Å². The summed E-state index contributed by atoms with van der Waals surface area (Å²) in [6, 6.07) is 11.8. The smallest absolute Gasteiger partial charge is 0.261 e. The molecule has 0 radical (unpaired) electrons. The Labute approximate surface area is 122 Å². The second kappa shape index (κ2) is 4.85. The Kier molecular flexibility index (Phi) is 3.13. The van der Waals surface area contributed by atoms with Gasteiger partial charge in [-0.05, 0) is 37.3 Å². The molecule has 0 aliphatic carbocycles. The van der Waals surface area contributed by atoms with Crippen molar-refractivity contribution in [3.05, 3.63) is 48.0 Å². The van der Waals surface area contributed by atoms with Gasteiger partial charge < -0.3 is 0 Å². The second-order valence-electron chi connectivity index (χ2n) is 4.84. The summed E-state index contributed by atoms with van der Waals surface area (Å²) in [7, 11) is -1.81. The van der Waals surface area contributed by atoms with E-state index >= 15 is 0 Å². The molecule has 21 heavy (non-hydrogen) atoms. The highest BCUT2D eigenvalue weighted by Gasteiger charge is 2.14. The molecule has 0 amide bonds. The molecule has 7 heteroatoms. The molecule has 0 saturated heterocycles. The summed E-state index contributed by atoms with van der Waals surface area (Å²) in [6.07, 6.45) is 0. The highest BCUT2D eigenvalue weighted by Crippen LogP contribution is 2.20. The molecular weight excluding hydrogens is 288 g/mol. The number of aromatic nitrogens is 3. The highest BCUT2D eigenvalue weighted by molar-refractivity contribution is 7.92. The molecule has 0 unspecified atom stereocenters. The number of fused-ring (bicyclic) bond motifs is 1. The first-order chi connectivity index (χ1) is 9.95. The van der Waals surface area contributed by atoms with Crippen LogP contribution in [0.15, 0.2) is 47.4 Å². The SMILES string of the molecule is Cc1ccc(S(=O)(=O)Nc2ccc3c(c2)nnn3C)cc1. The van der Waals surface area contributed by atoms with Crippen LogP contribution in [0.1, 0.15) is 5.56 Å². The number of sulfonamides is 1. The number of aryl methyl sites for hydroxylation is 2. The van der Waals surface area contributed by atoms with Crippen molar-refractivity contribution in [2.24, 2.45) is 7.05 Å².